The van der Waals surface area contributed by atoms with Gasteiger partial charge in [-0.15, -0.1) is 11.8 Å². The first-order chi connectivity index (χ1) is 11.1. The first-order valence-corrected chi connectivity index (χ1v) is 9.43. The fourth-order valence-corrected chi connectivity index (χ4v) is 4.36. The third kappa shape index (κ3) is 3.70. The number of rotatable bonds is 4. The minimum atomic E-state index is 0.131. The Bertz CT molecular complexity index is 716. The summed E-state index contributed by atoms with van der Waals surface area (Å²) in [4.78, 5) is 14.5. The molecule has 0 fully saturated rings. The lowest BCUT2D eigenvalue weighted by Gasteiger charge is -2.35. The Hall–Kier alpha value is -1.10. The molecule has 1 unspecified atom stereocenters. The normalized spacial score (nSPS) is 17.2. The quantitative estimate of drug-likeness (QED) is 0.785. The molecule has 1 aliphatic rings. The summed E-state index contributed by atoms with van der Waals surface area (Å²) in [5.41, 5.74) is 2.21. The summed E-state index contributed by atoms with van der Waals surface area (Å²) in [6.07, 6.45) is 2.07. The van der Waals surface area contributed by atoms with E-state index in [4.69, 9.17) is 23.2 Å². The number of fused-ring (bicyclic) bond motifs is 1. The lowest BCUT2D eigenvalue weighted by Crippen LogP contribution is -2.41. The molecule has 1 atom stereocenters. The summed E-state index contributed by atoms with van der Waals surface area (Å²) in [6.45, 7) is 3.72. The van der Waals surface area contributed by atoms with Gasteiger partial charge in [-0.1, -0.05) is 29.3 Å². The van der Waals surface area contributed by atoms with Crippen molar-refractivity contribution in [2.45, 2.75) is 25.3 Å². The van der Waals surface area contributed by atoms with E-state index >= 15 is 0 Å². The van der Waals surface area contributed by atoms with E-state index < -0.39 is 0 Å². The highest BCUT2D eigenvalue weighted by Crippen LogP contribution is 2.28. The molecule has 3 nitrogen and oxygen atoms in total. The summed E-state index contributed by atoms with van der Waals surface area (Å²) >= 11 is 13.6. The number of hydrogen-bond donors (Lipinski definition) is 0. The predicted octanol–water partition coefficient (Wildman–Crippen LogP) is 4.63. The van der Waals surface area contributed by atoms with Crippen LogP contribution in [0.5, 0.6) is 0 Å². The maximum atomic E-state index is 12.5. The largest absolute Gasteiger partial charge is 0.348 e. The van der Waals surface area contributed by atoms with Crippen LogP contribution >= 0.6 is 35.0 Å². The second-order valence-corrected chi connectivity index (χ2v) is 7.45. The molecule has 122 valence electrons. The highest BCUT2D eigenvalue weighted by molar-refractivity contribution is 7.99. The molecule has 2 aromatic rings. The van der Waals surface area contributed by atoms with Crippen molar-refractivity contribution in [3.8, 4) is 0 Å². The molecule has 0 saturated carbocycles. The smallest absolute Gasteiger partial charge is 0.233 e. The monoisotopic (exact) mass is 368 g/mol. The van der Waals surface area contributed by atoms with Gasteiger partial charge in [-0.2, -0.15) is 0 Å². The lowest BCUT2D eigenvalue weighted by atomic mass is 10.1. The maximum absolute atomic E-state index is 12.5. The topological polar surface area (TPSA) is 25.2 Å². The maximum Gasteiger partial charge on any atom is 0.233 e. The van der Waals surface area contributed by atoms with Crippen molar-refractivity contribution in [1.29, 1.82) is 0 Å². The molecule has 3 rings (SSSR count). The van der Waals surface area contributed by atoms with Crippen molar-refractivity contribution in [2.24, 2.45) is 0 Å². The fraction of sp³-hybridized carbons (Fsp3) is 0.353. The second kappa shape index (κ2) is 7.20. The first kappa shape index (κ1) is 16.7. The number of benzene rings is 1. The van der Waals surface area contributed by atoms with E-state index in [1.807, 2.05) is 23.1 Å². The highest BCUT2D eigenvalue weighted by atomic mass is 35.5. The van der Waals surface area contributed by atoms with Crippen molar-refractivity contribution in [3.63, 3.8) is 0 Å². The molecule has 0 spiro atoms. The van der Waals surface area contributed by atoms with E-state index in [0.717, 1.165) is 18.7 Å². The van der Waals surface area contributed by atoms with Gasteiger partial charge >= 0.3 is 0 Å². The van der Waals surface area contributed by atoms with E-state index in [1.165, 1.54) is 5.69 Å². The van der Waals surface area contributed by atoms with E-state index in [-0.39, 0.29) is 11.9 Å². The molecule has 1 aromatic heterocycles. The van der Waals surface area contributed by atoms with Crippen molar-refractivity contribution >= 4 is 40.9 Å². The molecule has 1 aliphatic heterocycles. The molecule has 0 N–H and O–H groups in total. The molecule has 23 heavy (non-hydrogen) atoms. The molecule has 0 saturated heterocycles. The van der Waals surface area contributed by atoms with Gasteiger partial charge < -0.3 is 9.47 Å². The van der Waals surface area contributed by atoms with E-state index in [9.17, 15) is 4.79 Å². The zero-order chi connectivity index (χ0) is 16.4. The molecule has 0 radical (unpaired) electrons. The van der Waals surface area contributed by atoms with Crippen molar-refractivity contribution < 1.29 is 4.79 Å². The molecule has 1 aromatic carbocycles. The minimum absolute atomic E-state index is 0.131. The summed E-state index contributed by atoms with van der Waals surface area (Å²) in [7, 11) is 0. The van der Waals surface area contributed by atoms with Gasteiger partial charge in [0, 0.05) is 40.8 Å². The standard InChI is InChI=1S/C17H18Cl2N2OS/c1-12-16-3-2-6-20(16)7-8-21(12)17(22)11-23-10-13-4-5-14(18)9-15(13)19/h2-6,9,12H,7-8,10-11H2,1H3. The summed E-state index contributed by atoms with van der Waals surface area (Å²) in [5.74, 6) is 1.35. The third-order valence-electron chi connectivity index (χ3n) is 4.16. The van der Waals surface area contributed by atoms with Crippen LogP contribution in [0, 0.1) is 0 Å². The zero-order valence-corrected chi connectivity index (χ0v) is 15.2. The van der Waals surface area contributed by atoms with Gasteiger partial charge in [-0.05, 0) is 36.8 Å². The number of carbonyl (C=O) groups is 1. The van der Waals surface area contributed by atoms with Crippen LogP contribution in [0.25, 0.3) is 0 Å². The van der Waals surface area contributed by atoms with Gasteiger partial charge in [-0.25, -0.2) is 0 Å². The van der Waals surface area contributed by atoms with E-state index in [1.54, 1.807) is 17.8 Å². The first-order valence-electron chi connectivity index (χ1n) is 7.52. The van der Waals surface area contributed by atoms with Crippen molar-refractivity contribution in [2.75, 3.05) is 12.3 Å². The molecule has 0 bridgehead atoms. The van der Waals surface area contributed by atoms with Crippen molar-refractivity contribution in [3.05, 3.63) is 57.8 Å². The van der Waals surface area contributed by atoms with Crippen LogP contribution in [0.1, 0.15) is 24.2 Å². The van der Waals surface area contributed by atoms with E-state index in [2.05, 4.69) is 23.8 Å². The Balaban J connectivity index is 1.56. The Morgan fingerprint density at radius 2 is 2.13 bits per heavy atom. The number of hydrogen-bond acceptors (Lipinski definition) is 2. The minimum Gasteiger partial charge on any atom is -0.348 e. The number of carbonyl (C=O) groups excluding carboxylic acids is 1. The van der Waals surface area contributed by atoms with Crippen LogP contribution in [0.2, 0.25) is 10.0 Å². The Morgan fingerprint density at radius 1 is 1.30 bits per heavy atom. The van der Waals surface area contributed by atoms with Crippen LogP contribution < -0.4 is 0 Å². The second-order valence-electron chi connectivity index (χ2n) is 5.62. The van der Waals surface area contributed by atoms with Gasteiger partial charge in [0.1, 0.15) is 0 Å². The van der Waals surface area contributed by atoms with Crippen LogP contribution in [-0.2, 0) is 17.1 Å². The number of aromatic nitrogens is 1. The van der Waals surface area contributed by atoms with Gasteiger partial charge in [0.15, 0.2) is 0 Å². The van der Waals surface area contributed by atoms with Gasteiger partial charge in [0.2, 0.25) is 5.91 Å². The van der Waals surface area contributed by atoms with Crippen molar-refractivity contribution in [1.82, 2.24) is 9.47 Å². The average Bonchev–Trinajstić information content (AvgIpc) is 2.99. The fourth-order valence-electron chi connectivity index (χ4n) is 2.89. The summed E-state index contributed by atoms with van der Waals surface area (Å²) in [5, 5.41) is 1.28. The third-order valence-corrected chi connectivity index (χ3v) is 5.71. The predicted molar refractivity (Wildman–Crippen MR) is 97.2 cm³/mol. The lowest BCUT2D eigenvalue weighted by molar-refractivity contribution is -0.131. The van der Waals surface area contributed by atoms with Crippen LogP contribution in [-0.4, -0.2) is 27.7 Å². The summed E-state index contributed by atoms with van der Waals surface area (Å²) < 4.78 is 2.22. The summed E-state index contributed by atoms with van der Waals surface area (Å²) in [6, 6.07) is 9.74. The van der Waals surface area contributed by atoms with Gasteiger partial charge in [0.05, 0.1) is 11.8 Å². The number of nitrogens with zero attached hydrogens (tertiary/aromatic N) is 2. The molecular weight excluding hydrogens is 351 g/mol. The molecule has 1 amide bonds. The molecule has 6 heteroatoms. The Labute approximate surface area is 150 Å². The Kier molecular flexibility index (Phi) is 5.24. The molecule has 0 aliphatic carbocycles. The average molecular weight is 369 g/mol. The molecule has 2 heterocycles. The van der Waals surface area contributed by atoms with Gasteiger partial charge in [0.25, 0.3) is 0 Å². The number of amides is 1. The van der Waals surface area contributed by atoms with Crippen LogP contribution in [0.3, 0.4) is 0 Å². The van der Waals surface area contributed by atoms with Gasteiger partial charge in [-0.3, -0.25) is 4.79 Å². The highest BCUT2D eigenvalue weighted by Gasteiger charge is 2.26. The Morgan fingerprint density at radius 3 is 2.91 bits per heavy atom. The van der Waals surface area contributed by atoms with E-state index in [0.29, 0.717) is 21.6 Å². The molecular formula is C17H18Cl2N2OS. The van der Waals surface area contributed by atoms with Crippen LogP contribution in [0.4, 0.5) is 0 Å². The number of halogens is 2. The zero-order valence-electron chi connectivity index (χ0n) is 12.8. The van der Waals surface area contributed by atoms with Crippen LogP contribution in [0.15, 0.2) is 36.5 Å². The SMILES string of the molecule is CC1c2cccn2CCN1C(=O)CSCc1ccc(Cl)cc1Cl. The number of thioether (sulfide) groups is 1.